The van der Waals surface area contributed by atoms with Crippen LogP contribution in [-0.4, -0.2) is 31.1 Å². The van der Waals surface area contributed by atoms with Crippen LogP contribution < -0.4 is 24.8 Å². The van der Waals surface area contributed by atoms with Crippen LogP contribution in [0.1, 0.15) is 51.3 Å². The Hall–Kier alpha value is -0.0857. The summed E-state index contributed by atoms with van der Waals surface area (Å²) in [5.41, 5.74) is 5.58. The molecule has 2 nitrogen and oxygen atoms in total. The second kappa shape index (κ2) is 11.6. The molecule has 1 aliphatic carbocycles. The van der Waals surface area contributed by atoms with Crippen LogP contribution in [0.3, 0.4) is 0 Å². The van der Waals surface area contributed by atoms with Gasteiger partial charge in [0.05, 0.1) is 0 Å². The van der Waals surface area contributed by atoms with Gasteiger partial charge in [-0.1, -0.05) is 69.7 Å². The van der Waals surface area contributed by atoms with E-state index in [9.17, 15) is 0 Å². The van der Waals surface area contributed by atoms with Gasteiger partial charge < -0.3 is 35.0 Å². The Bertz CT molecular complexity index is 590. The molecule has 0 aliphatic heterocycles. The quantitative estimate of drug-likeness (QED) is 0.575. The van der Waals surface area contributed by atoms with E-state index in [0.29, 0.717) is 0 Å². The molecule has 0 aromatic heterocycles. The molecule has 0 fully saturated rings. The molecule has 5 heteroatoms. The zero-order valence-corrected chi connectivity index (χ0v) is 19.2. The van der Waals surface area contributed by atoms with Crippen LogP contribution >= 0.6 is 0 Å². The minimum absolute atomic E-state index is 0. The van der Waals surface area contributed by atoms with Gasteiger partial charge >= 0.3 is 21.7 Å². The van der Waals surface area contributed by atoms with E-state index in [1.807, 2.05) is 0 Å². The van der Waals surface area contributed by atoms with Crippen molar-refractivity contribution in [2.75, 3.05) is 20.6 Å². The Kier molecular flexibility index (Phi) is 12.6. The van der Waals surface area contributed by atoms with Gasteiger partial charge in [0.1, 0.15) is 0 Å². The molecule has 1 aromatic carbocycles. The number of benzene rings is 1. The molecular formula is C20H29Cl2N2Ti. The summed E-state index contributed by atoms with van der Waals surface area (Å²) in [6, 6.07) is 8.96. The van der Waals surface area contributed by atoms with Crippen LogP contribution in [0.5, 0.6) is 0 Å². The minimum atomic E-state index is -0.0126. The third-order valence-electron chi connectivity index (χ3n) is 3.83. The summed E-state index contributed by atoms with van der Waals surface area (Å²) in [5, 5.41) is 4.94. The van der Waals surface area contributed by atoms with E-state index in [4.69, 9.17) is 5.32 Å². The van der Waals surface area contributed by atoms with Crippen molar-refractivity contribution in [3.05, 3.63) is 58.4 Å². The SMILES string of the molecule is CC([N-]C(C)(C)C)c1ccccc1C1=C(CN(C)C)C=CC1.[Cl-].[Cl-].[Ti+3]. The molecule has 1 unspecified atom stereocenters. The fourth-order valence-electron chi connectivity index (χ4n) is 3.11. The van der Waals surface area contributed by atoms with Gasteiger partial charge in [-0.15, -0.1) is 11.6 Å². The molecule has 137 valence electrons. The average Bonchev–Trinajstić information content (AvgIpc) is 2.84. The molecule has 1 aliphatic rings. The van der Waals surface area contributed by atoms with Gasteiger partial charge in [-0.05, 0) is 37.2 Å². The molecule has 0 spiro atoms. The molecule has 0 amide bonds. The van der Waals surface area contributed by atoms with Crippen LogP contribution in [0.25, 0.3) is 10.9 Å². The van der Waals surface area contributed by atoms with Crippen LogP contribution in [-0.2, 0) is 21.7 Å². The number of halogens is 2. The van der Waals surface area contributed by atoms with Gasteiger partial charge in [0.25, 0.3) is 0 Å². The summed E-state index contributed by atoms with van der Waals surface area (Å²) in [5.74, 6) is 0. The van der Waals surface area contributed by atoms with E-state index >= 15 is 0 Å². The Morgan fingerprint density at radius 3 is 2.28 bits per heavy atom. The molecule has 2 rings (SSSR count). The zero-order valence-electron chi connectivity index (χ0n) is 16.1. The zero-order chi connectivity index (χ0) is 16.3. The fourth-order valence-corrected chi connectivity index (χ4v) is 3.11. The number of hydrogen-bond donors (Lipinski definition) is 0. The van der Waals surface area contributed by atoms with Crippen LogP contribution in [0.15, 0.2) is 42.0 Å². The molecule has 1 atom stereocenters. The van der Waals surface area contributed by atoms with Gasteiger partial charge in [-0.25, -0.2) is 0 Å². The maximum atomic E-state index is 4.94. The summed E-state index contributed by atoms with van der Waals surface area (Å²) in [4.78, 5) is 2.23. The van der Waals surface area contributed by atoms with Gasteiger partial charge in [0.2, 0.25) is 0 Å². The molecule has 0 heterocycles. The second-order valence-electron chi connectivity index (χ2n) is 7.41. The van der Waals surface area contributed by atoms with Crippen LogP contribution in [0.4, 0.5) is 0 Å². The first-order valence-corrected chi connectivity index (χ1v) is 8.12. The van der Waals surface area contributed by atoms with Crippen molar-refractivity contribution in [3.8, 4) is 0 Å². The van der Waals surface area contributed by atoms with Crippen molar-refractivity contribution in [1.82, 2.24) is 4.90 Å². The standard InChI is InChI=1S/C20H29N2.2ClH.Ti/c1-15(21-20(2,3)4)17-11-7-8-12-19(17)18-13-9-10-16(18)14-22(5)6;;;/h7-12,15H,13-14H2,1-6H3;2*1H;/q-1;;;+3/p-2. The van der Waals surface area contributed by atoms with Gasteiger partial charge in [-0.3, -0.25) is 0 Å². The minimum Gasteiger partial charge on any atom is -1.00 e. The van der Waals surface area contributed by atoms with E-state index < -0.39 is 0 Å². The maximum absolute atomic E-state index is 4.94. The monoisotopic (exact) mass is 415 g/mol. The number of allylic oxidation sites excluding steroid dienone is 2. The summed E-state index contributed by atoms with van der Waals surface area (Å²) in [6.45, 7) is 9.70. The first-order chi connectivity index (χ1) is 10.3. The molecule has 1 radical (unpaired) electrons. The first kappa shape index (κ1) is 27.1. The number of nitrogens with zero attached hydrogens (tertiary/aromatic N) is 2. The molecule has 0 bridgehead atoms. The van der Waals surface area contributed by atoms with Crippen LogP contribution in [0, 0.1) is 0 Å². The largest absolute Gasteiger partial charge is 3.00 e. The van der Waals surface area contributed by atoms with E-state index in [-0.39, 0.29) is 58.1 Å². The molecule has 0 N–H and O–H groups in total. The molecule has 25 heavy (non-hydrogen) atoms. The smallest absolute Gasteiger partial charge is 1.00 e. The van der Waals surface area contributed by atoms with E-state index in [1.165, 1.54) is 22.3 Å². The first-order valence-electron chi connectivity index (χ1n) is 8.12. The van der Waals surface area contributed by atoms with Gasteiger partial charge in [-0.2, -0.15) is 0 Å². The molecule has 0 saturated heterocycles. The molecular weight excluding hydrogens is 387 g/mol. The summed E-state index contributed by atoms with van der Waals surface area (Å²) >= 11 is 0. The van der Waals surface area contributed by atoms with Crippen molar-refractivity contribution >= 4 is 5.57 Å². The van der Waals surface area contributed by atoms with Crippen molar-refractivity contribution in [3.63, 3.8) is 0 Å². The fraction of sp³-hybridized carbons (Fsp3) is 0.500. The average molecular weight is 416 g/mol. The Morgan fingerprint density at radius 2 is 1.72 bits per heavy atom. The third-order valence-corrected chi connectivity index (χ3v) is 3.83. The predicted octanol–water partition coefficient (Wildman–Crippen LogP) is -0.800. The third kappa shape index (κ3) is 7.99. The summed E-state index contributed by atoms with van der Waals surface area (Å²) < 4.78 is 0. The number of likely N-dealkylation sites (N-methyl/N-ethyl adjacent to an activating group) is 1. The second-order valence-corrected chi connectivity index (χ2v) is 7.41. The van der Waals surface area contributed by atoms with Crippen molar-refractivity contribution in [2.45, 2.75) is 45.7 Å². The van der Waals surface area contributed by atoms with Crippen molar-refractivity contribution in [1.29, 1.82) is 0 Å². The Balaban J connectivity index is 0. The van der Waals surface area contributed by atoms with Crippen molar-refractivity contribution in [2.24, 2.45) is 0 Å². The maximum Gasteiger partial charge on any atom is 3.00 e. The van der Waals surface area contributed by atoms with Gasteiger partial charge in [0, 0.05) is 6.54 Å². The number of rotatable bonds is 5. The summed E-state index contributed by atoms with van der Waals surface area (Å²) in [6.07, 6.45) is 5.58. The van der Waals surface area contributed by atoms with E-state index in [0.717, 1.165) is 13.0 Å². The molecule has 1 aromatic rings. The van der Waals surface area contributed by atoms with E-state index in [1.54, 1.807) is 0 Å². The van der Waals surface area contributed by atoms with Crippen molar-refractivity contribution < 1.29 is 46.5 Å². The topological polar surface area (TPSA) is 17.3 Å². The normalized spacial score (nSPS) is 14.7. The predicted molar refractivity (Wildman–Crippen MR) is 97.2 cm³/mol. The number of hydrogen-bond acceptors (Lipinski definition) is 1. The Morgan fingerprint density at radius 1 is 1.12 bits per heavy atom. The summed E-state index contributed by atoms with van der Waals surface area (Å²) in [7, 11) is 4.25. The Labute approximate surface area is 181 Å². The van der Waals surface area contributed by atoms with Gasteiger partial charge in [0.15, 0.2) is 0 Å². The van der Waals surface area contributed by atoms with Crippen LogP contribution in [0.2, 0.25) is 0 Å². The molecule has 0 saturated carbocycles. The van der Waals surface area contributed by atoms with E-state index in [2.05, 4.69) is 83.1 Å².